The number of halogens is 3. The lowest BCUT2D eigenvalue weighted by atomic mass is 10.3. The topological polar surface area (TPSA) is 41.1 Å². The Morgan fingerprint density at radius 3 is 2.59 bits per heavy atom. The Morgan fingerprint density at radius 1 is 1.35 bits per heavy atom. The average molecular weight is 264 g/mol. The van der Waals surface area contributed by atoms with Gasteiger partial charge in [0.2, 0.25) is 0 Å². The highest BCUT2D eigenvalue weighted by molar-refractivity contribution is 7.98. The minimum Gasteiger partial charge on any atom is -0.329 e. The van der Waals surface area contributed by atoms with Crippen LogP contribution >= 0.6 is 11.8 Å². The summed E-state index contributed by atoms with van der Waals surface area (Å²) < 4.78 is 35.6. The van der Waals surface area contributed by atoms with Gasteiger partial charge in [0.15, 0.2) is 0 Å². The third kappa shape index (κ3) is 4.99. The van der Waals surface area contributed by atoms with Crippen molar-refractivity contribution in [2.24, 2.45) is 0 Å². The third-order valence-corrected chi connectivity index (χ3v) is 2.60. The number of anilines is 1. The molecule has 0 bridgehead atoms. The number of hydrogen-bond donors (Lipinski definition) is 2. The van der Waals surface area contributed by atoms with E-state index < -0.39 is 18.8 Å². The number of benzene rings is 1. The molecule has 7 heteroatoms. The van der Waals surface area contributed by atoms with Crippen LogP contribution in [0.4, 0.5) is 23.7 Å². The number of carbonyl (C=O) groups excluding carboxylic acids is 1. The maximum Gasteiger partial charge on any atom is 0.405 e. The first-order valence-corrected chi connectivity index (χ1v) is 5.89. The molecule has 1 rings (SSSR count). The van der Waals surface area contributed by atoms with Crippen LogP contribution in [-0.4, -0.2) is 25.0 Å². The normalized spacial score (nSPS) is 11.1. The number of carbonyl (C=O) groups is 1. The van der Waals surface area contributed by atoms with Crippen molar-refractivity contribution >= 4 is 23.5 Å². The lowest BCUT2D eigenvalue weighted by Gasteiger charge is -2.11. The molecule has 2 N–H and O–H groups in total. The summed E-state index contributed by atoms with van der Waals surface area (Å²) >= 11 is 1.40. The van der Waals surface area contributed by atoms with E-state index in [1.54, 1.807) is 29.6 Å². The zero-order valence-corrected chi connectivity index (χ0v) is 9.78. The maximum absolute atomic E-state index is 11.9. The van der Waals surface area contributed by atoms with Crippen molar-refractivity contribution in [1.82, 2.24) is 5.32 Å². The lowest BCUT2D eigenvalue weighted by Crippen LogP contribution is -2.36. The van der Waals surface area contributed by atoms with E-state index in [1.807, 2.05) is 6.26 Å². The van der Waals surface area contributed by atoms with Crippen molar-refractivity contribution in [2.45, 2.75) is 11.1 Å². The second kappa shape index (κ2) is 5.81. The molecule has 0 fully saturated rings. The Balaban J connectivity index is 2.56. The van der Waals surface area contributed by atoms with Crippen molar-refractivity contribution in [3.63, 3.8) is 0 Å². The van der Waals surface area contributed by atoms with Gasteiger partial charge in [-0.2, -0.15) is 13.2 Å². The average Bonchev–Trinajstić information content (AvgIpc) is 2.26. The molecule has 1 aromatic carbocycles. The monoisotopic (exact) mass is 264 g/mol. The molecule has 3 nitrogen and oxygen atoms in total. The number of thioether (sulfide) groups is 1. The largest absolute Gasteiger partial charge is 0.405 e. The quantitative estimate of drug-likeness (QED) is 0.824. The molecule has 0 atom stereocenters. The van der Waals surface area contributed by atoms with Gasteiger partial charge in [-0.1, -0.05) is 12.1 Å². The van der Waals surface area contributed by atoms with E-state index >= 15 is 0 Å². The minimum absolute atomic E-state index is 0.486. The number of urea groups is 1. The van der Waals surface area contributed by atoms with Crippen LogP contribution in [0.1, 0.15) is 0 Å². The van der Waals surface area contributed by atoms with Gasteiger partial charge < -0.3 is 10.6 Å². The smallest absolute Gasteiger partial charge is 0.329 e. The van der Waals surface area contributed by atoms with Crippen LogP contribution in [-0.2, 0) is 0 Å². The number of hydrogen-bond acceptors (Lipinski definition) is 2. The van der Waals surface area contributed by atoms with Crippen LogP contribution < -0.4 is 10.6 Å². The van der Waals surface area contributed by atoms with Gasteiger partial charge in [0.25, 0.3) is 0 Å². The summed E-state index contributed by atoms with van der Waals surface area (Å²) in [5.41, 5.74) is 0.486. The van der Waals surface area contributed by atoms with Gasteiger partial charge in [0, 0.05) is 4.90 Å². The molecule has 0 heterocycles. The number of para-hydroxylation sites is 1. The number of amides is 2. The molecule has 2 amide bonds. The standard InChI is InChI=1S/C10H11F3N2OS/c1-17-8-5-3-2-4-7(8)15-9(16)14-6-10(11,12)13/h2-5H,6H2,1H3,(H2,14,15,16). The van der Waals surface area contributed by atoms with Crippen molar-refractivity contribution in [2.75, 3.05) is 18.1 Å². The lowest BCUT2D eigenvalue weighted by molar-refractivity contribution is -0.122. The van der Waals surface area contributed by atoms with Gasteiger partial charge in [-0.25, -0.2) is 4.79 Å². The molecule has 0 unspecified atom stereocenters. The van der Waals surface area contributed by atoms with Gasteiger partial charge >= 0.3 is 12.2 Å². The van der Waals surface area contributed by atoms with Crippen LogP contribution in [0.2, 0.25) is 0 Å². The van der Waals surface area contributed by atoms with Crippen molar-refractivity contribution in [3.8, 4) is 0 Å². The van der Waals surface area contributed by atoms with E-state index in [9.17, 15) is 18.0 Å². The van der Waals surface area contributed by atoms with Crippen LogP contribution in [0, 0.1) is 0 Å². The highest BCUT2D eigenvalue weighted by atomic mass is 32.2. The summed E-state index contributed by atoms with van der Waals surface area (Å²) in [4.78, 5) is 12.0. The summed E-state index contributed by atoms with van der Waals surface area (Å²) in [5, 5.41) is 4.10. The molecule has 94 valence electrons. The molecule has 0 saturated carbocycles. The van der Waals surface area contributed by atoms with Crippen LogP contribution in [0.5, 0.6) is 0 Å². The molecule has 0 aliphatic carbocycles. The summed E-state index contributed by atoms with van der Waals surface area (Å²) in [5.74, 6) is 0. The minimum atomic E-state index is -4.41. The molecule has 17 heavy (non-hydrogen) atoms. The van der Waals surface area contributed by atoms with Gasteiger partial charge in [-0.05, 0) is 18.4 Å². The number of nitrogens with one attached hydrogen (secondary N) is 2. The van der Waals surface area contributed by atoms with E-state index in [1.165, 1.54) is 11.8 Å². The fraction of sp³-hybridized carbons (Fsp3) is 0.300. The Hall–Kier alpha value is -1.37. The Bertz CT molecular complexity index is 395. The summed E-state index contributed by atoms with van der Waals surface area (Å²) in [6, 6.07) is 6.00. The molecule has 0 radical (unpaired) electrons. The summed E-state index contributed by atoms with van der Waals surface area (Å²) in [6.45, 7) is -1.35. The molecule has 0 saturated heterocycles. The first-order valence-electron chi connectivity index (χ1n) is 4.67. The predicted molar refractivity (Wildman–Crippen MR) is 61.3 cm³/mol. The van der Waals surface area contributed by atoms with Crippen LogP contribution in [0.25, 0.3) is 0 Å². The molecule has 0 aromatic heterocycles. The van der Waals surface area contributed by atoms with Gasteiger partial charge in [0.1, 0.15) is 6.54 Å². The molecule has 1 aromatic rings. The number of alkyl halides is 3. The molecular formula is C10H11F3N2OS. The second-order valence-electron chi connectivity index (χ2n) is 3.12. The fourth-order valence-electron chi connectivity index (χ4n) is 1.09. The zero-order chi connectivity index (χ0) is 12.9. The van der Waals surface area contributed by atoms with E-state index in [-0.39, 0.29) is 0 Å². The van der Waals surface area contributed by atoms with Crippen molar-refractivity contribution in [3.05, 3.63) is 24.3 Å². The third-order valence-electron chi connectivity index (χ3n) is 1.80. The van der Waals surface area contributed by atoms with Gasteiger partial charge in [-0.15, -0.1) is 11.8 Å². The van der Waals surface area contributed by atoms with Gasteiger partial charge in [0.05, 0.1) is 5.69 Å². The van der Waals surface area contributed by atoms with Crippen LogP contribution in [0.15, 0.2) is 29.2 Å². The SMILES string of the molecule is CSc1ccccc1NC(=O)NCC(F)(F)F. The second-order valence-corrected chi connectivity index (χ2v) is 3.97. The molecule has 0 spiro atoms. The molecule has 0 aliphatic heterocycles. The number of rotatable bonds is 3. The first-order chi connectivity index (χ1) is 7.92. The Kier molecular flexibility index (Phi) is 4.68. The van der Waals surface area contributed by atoms with Gasteiger partial charge in [-0.3, -0.25) is 0 Å². The molecule has 0 aliphatic rings. The maximum atomic E-state index is 11.9. The Labute approximate surface area is 101 Å². The summed E-state index contributed by atoms with van der Waals surface area (Å²) in [6.07, 6.45) is -2.59. The predicted octanol–water partition coefficient (Wildman–Crippen LogP) is 3.09. The molecular weight excluding hydrogens is 253 g/mol. The van der Waals surface area contributed by atoms with Crippen molar-refractivity contribution < 1.29 is 18.0 Å². The van der Waals surface area contributed by atoms with Crippen LogP contribution in [0.3, 0.4) is 0 Å². The van der Waals surface area contributed by atoms with E-state index in [0.29, 0.717) is 5.69 Å². The first kappa shape index (κ1) is 13.7. The fourth-order valence-corrected chi connectivity index (χ4v) is 1.65. The highest BCUT2D eigenvalue weighted by Gasteiger charge is 2.27. The Morgan fingerprint density at radius 2 is 2.00 bits per heavy atom. The van der Waals surface area contributed by atoms with Crippen molar-refractivity contribution in [1.29, 1.82) is 0 Å². The zero-order valence-electron chi connectivity index (χ0n) is 8.97. The van der Waals surface area contributed by atoms with E-state index in [2.05, 4.69) is 5.32 Å². The highest BCUT2D eigenvalue weighted by Crippen LogP contribution is 2.24. The van der Waals surface area contributed by atoms with E-state index in [4.69, 9.17) is 0 Å². The van der Waals surface area contributed by atoms with E-state index in [0.717, 1.165) is 4.90 Å². The summed E-state index contributed by atoms with van der Waals surface area (Å²) in [7, 11) is 0.